The van der Waals surface area contributed by atoms with Crippen LogP contribution in [-0.4, -0.2) is 26.5 Å². The summed E-state index contributed by atoms with van der Waals surface area (Å²) in [4.78, 5) is 17.9. The van der Waals surface area contributed by atoms with Gasteiger partial charge in [-0.25, -0.2) is 14.2 Å². The Kier molecular flexibility index (Phi) is 4.30. The van der Waals surface area contributed by atoms with Crippen LogP contribution in [-0.2, 0) is 24.2 Å². The van der Waals surface area contributed by atoms with Crippen LogP contribution in [0.25, 0.3) is 0 Å². The molecule has 0 fully saturated rings. The highest BCUT2D eigenvalue weighted by atomic mass is 32.1. The minimum Gasteiger partial charge on any atom is -0.480 e. The van der Waals surface area contributed by atoms with E-state index in [-0.39, 0.29) is 12.2 Å². The Morgan fingerprint density at radius 2 is 2.26 bits per heavy atom. The van der Waals surface area contributed by atoms with Crippen molar-refractivity contribution in [2.24, 2.45) is 5.92 Å². The second-order valence-corrected chi connectivity index (χ2v) is 6.92. The van der Waals surface area contributed by atoms with Crippen molar-refractivity contribution in [1.29, 1.82) is 0 Å². The molecule has 1 aliphatic rings. The summed E-state index contributed by atoms with van der Waals surface area (Å²) in [5.74, 6) is -0.0798. The Morgan fingerprint density at radius 1 is 1.48 bits per heavy atom. The molecule has 1 atom stereocenters. The lowest BCUT2D eigenvalue weighted by Crippen LogP contribution is -2.45. The Morgan fingerprint density at radius 3 is 2.96 bits per heavy atom. The standard InChI is InChI=1S/C16H18FN3O2S/c1-9(2)5-14-18-16(23-19-14)20-8-10-3-4-12(17)6-11(10)7-13(20)15(21)22/h3-4,6,9,13H,5,7-8H2,1-2H3,(H,21,22)/t13-/m0/s1. The number of aliphatic carboxylic acids is 1. The Balaban J connectivity index is 1.92. The van der Waals surface area contributed by atoms with Gasteiger partial charge in [0.25, 0.3) is 0 Å². The summed E-state index contributed by atoms with van der Waals surface area (Å²) in [6.45, 7) is 4.59. The van der Waals surface area contributed by atoms with Crippen LogP contribution < -0.4 is 4.90 Å². The van der Waals surface area contributed by atoms with Gasteiger partial charge >= 0.3 is 5.97 Å². The van der Waals surface area contributed by atoms with E-state index in [1.54, 1.807) is 11.0 Å². The molecular weight excluding hydrogens is 317 g/mol. The number of carboxylic acids is 1. The fraction of sp³-hybridized carbons (Fsp3) is 0.438. The number of carboxylic acid groups (broad SMARTS) is 1. The van der Waals surface area contributed by atoms with Crippen LogP contribution in [0, 0.1) is 11.7 Å². The minimum atomic E-state index is -0.930. The molecule has 0 radical (unpaired) electrons. The van der Waals surface area contributed by atoms with Gasteiger partial charge in [0.1, 0.15) is 17.7 Å². The zero-order valence-electron chi connectivity index (χ0n) is 13.0. The minimum absolute atomic E-state index is 0.265. The van der Waals surface area contributed by atoms with E-state index in [4.69, 9.17) is 0 Å². The maximum absolute atomic E-state index is 13.4. The lowest BCUT2D eigenvalue weighted by atomic mass is 9.94. The normalized spacial score (nSPS) is 17.4. The van der Waals surface area contributed by atoms with Crippen molar-refractivity contribution in [3.8, 4) is 0 Å². The van der Waals surface area contributed by atoms with Crippen LogP contribution in [0.1, 0.15) is 30.8 Å². The van der Waals surface area contributed by atoms with Crippen molar-refractivity contribution in [2.75, 3.05) is 4.90 Å². The van der Waals surface area contributed by atoms with E-state index in [0.29, 0.717) is 17.6 Å². The molecule has 0 saturated heterocycles. The highest BCUT2D eigenvalue weighted by Gasteiger charge is 2.33. The Bertz CT molecular complexity index is 732. The van der Waals surface area contributed by atoms with Crippen LogP contribution in [0.5, 0.6) is 0 Å². The van der Waals surface area contributed by atoms with Crippen LogP contribution in [0.15, 0.2) is 18.2 Å². The number of hydrogen-bond donors (Lipinski definition) is 1. The molecule has 23 heavy (non-hydrogen) atoms. The quantitative estimate of drug-likeness (QED) is 0.930. The van der Waals surface area contributed by atoms with Gasteiger partial charge in [0.15, 0.2) is 0 Å². The van der Waals surface area contributed by atoms with Crippen molar-refractivity contribution in [3.63, 3.8) is 0 Å². The summed E-state index contributed by atoms with van der Waals surface area (Å²) in [6, 6.07) is 3.80. The van der Waals surface area contributed by atoms with Crippen molar-refractivity contribution < 1.29 is 14.3 Å². The van der Waals surface area contributed by atoms with Gasteiger partial charge in [-0.05, 0) is 29.2 Å². The number of halogens is 1. The molecular formula is C16H18FN3O2S. The molecule has 0 amide bonds. The molecule has 1 aromatic carbocycles. The maximum Gasteiger partial charge on any atom is 0.326 e. The molecule has 0 unspecified atom stereocenters. The van der Waals surface area contributed by atoms with Crippen molar-refractivity contribution in [3.05, 3.63) is 41.0 Å². The fourth-order valence-electron chi connectivity index (χ4n) is 2.78. The van der Waals surface area contributed by atoms with E-state index in [1.807, 2.05) is 0 Å². The lowest BCUT2D eigenvalue weighted by molar-refractivity contribution is -0.138. The average Bonchev–Trinajstić information content (AvgIpc) is 2.93. The molecule has 2 aromatic rings. The molecule has 7 heteroatoms. The summed E-state index contributed by atoms with van der Waals surface area (Å²) in [7, 11) is 0. The molecule has 1 aromatic heterocycles. The Labute approximate surface area is 138 Å². The molecule has 1 N–H and O–H groups in total. The van der Waals surface area contributed by atoms with Crippen LogP contribution in [0.4, 0.5) is 9.52 Å². The molecule has 1 aliphatic heterocycles. The summed E-state index contributed by atoms with van der Waals surface area (Å²) in [5, 5.41) is 10.2. The summed E-state index contributed by atoms with van der Waals surface area (Å²) in [5.41, 5.74) is 1.69. The third-order valence-corrected chi connectivity index (χ3v) is 4.67. The Hall–Kier alpha value is -2.02. The molecule has 0 spiro atoms. The van der Waals surface area contributed by atoms with E-state index in [2.05, 4.69) is 23.2 Å². The van der Waals surface area contributed by atoms with Gasteiger partial charge in [0.2, 0.25) is 5.13 Å². The SMILES string of the molecule is CC(C)Cc1nsc(N2Cc3ccc(F)cc3C[C@H]2C(=O)O)n1. The van der Waals surface area contributed by atoms with Gasteiger partial charge in [-0.1, -0.05) is 19.9 Å². The number of fused-ring (bicyclic) bond motifs is 1. The van der Waals surface area contributed by atoms with E-state index in [9.17, 15) is 14.3 Å². The summed E-state index contributed by atoms with van der Waals surface area (Å²) < 4.78 is 17.7. The fourth-order valence-corrected chi connectivity index (χ4v) is 3.53. The van der Waals surface area contributed by atoms with E-state index in [0.717, 1.165) is 23.4 Å². The molecule has 0 saturated carbocycles. The first-order valence-corrected chi connectivity index (χ1v) is 8.30. The van der Waals surface area contributed by atoms with Gasteiger partial charge in [-0.15, -0.1) is 0 Å². The first-order valence-electron chi connectivity index (χ1n) is 7.53. The van der Waals surface area contributed by atoms with Crippen molar-refractivity contribution in [1.82, 2.24) is 9.36 Å². The van der Waals surface area contributed by atoms with Crippen LogP contribution in [0.3, 0.4) is 0 Å². The second-order valence-electron chi connectivity index (χ2n) is 6.19. The summed E-state index contributed by atoms with van der Waals surface area (Å²) >= 11 is 1.22. The van der Waals surface area contributed by atoms with Gasteiger partial charge < -0.3 is 10.0 Å². The van der Waals surface area contributed by atoms with E-state index < -0.39 is 12.0 Å². The van der Waals surface area contributed by atoms with E-state index >= 15 is 0 Å². The monoisotopic (exact) mass is 335 g/mol. The second kappa shape index (κ2) is 6.23. The molecule has 0 bridgehead atoms. The molecule has 5 nitrogen and oxygen atoms in total. The predicted molar refractivity (Wildman–Crippen MR) is 86.2 cm³/mol. The number of benzene rings is 1. The van der Waals surface area contributed by atoms with E-state index in [1.165, 1.54) is 23.7 Å². The third-order valence-electron chi connectivity index (χ3n) is 3.88. The van der Waals surface area contributed by atoms with Crippen LogP contribution in [0.2, 0.25) is 0 Å². The van der Waals surface area contributed by atoms with Gasteiger partial charge in [0, 0.05) is 30.9 Å². The maximum atomic E-state index is 13.4. The van der Waals surface area contributed by atoms with Gasteiger partial charge in [0.05, 0.1) is 0 Å². The zero-order valence-corrected chi connectivity index (χ0v) is 13.8. The highest BCUT2D eigenvalue weighted by molar-refractivity contribution is 7.09. The van der Waals surface area contributed by atoms with Crippen molar-refractivity contribution in [2.45, 2.75) is 39.3 Å². The summed E-state index contributed by atoms with van der Waals surface area (Å²) in [6.07, 6.45) is 1.03. The molecule has 3 rings (SSSR count). The highest BCUT2D eigenvalue weighted by Crippen LogP contribution is 2.30. The zero-order chi connectivity index (χ0) is 16.6. The largest absolute Gasteiger partial charge is 0.480 e. The number of aromatic nitrogens is 2. The van der Waals surface area contributed by atoms with Gasteiger partial charge in [-0.2, -0.15) is 4.37 Å². The van der Waals surface area contributed by atoms with Gasteiger partial charge in [-0.3, -0.25) is 0 Å². The molecule has 2 heterocycles. The topological polar surface area (TPSA) is 66.3 Å². The number of carbonyl (C=O) groups is 1. The number of anilines is 1. The average molecular weight is 335 g/mol. The first-order chi connectivity index (χ1) is 10.9. The lowest BCUT2D eigenvalue weighted by Gasteiger charge is -2.33. The number of rotatable bonds is 4. The predicted octanol–water partition coefficient (Wildman–Crippen LogP) is 2.89. The number of hydrogen-bond acceptors (Lipinski definition) is 5. The van der Waals surface area contributed by atoms with Crippen LogP contribution >= 0.6 is 11.5 Å². The molecule has 122 valence electrons. The van der Waals surface area contributed by atoms with Crippen molar-refractivity contribution >= 4 is 22.6 Å². The number of nitrogens with zero attached hydrogens (tertiary/aromatic N) is 3. The third kappa shape index (κ3) is 3.34. The smallest absolute Gasteiger partial charge is 0.326 e. The molecule has 0 aliphatic carbocycles. The first kappa shape index (κ1) is 15.9.